The van der Waals surface area contributed by atoms with Gasteiger partial charge in [-0.25, -0.2) is 0 Å². The second kappa shape index (κ2) is 6.12. The highest BCUT2D eigenvalue weighted by atomic mass is 79.9. The van der Waals surface area contributed by atoms with Crippen molar-refractivity contribution in [2.45, 2.75) is 39.0 Å². The Kier molecular flexibility index (Phi) is 5.10. The second-order valence-electron chi connectivity index (χ2n) is 3.83. The van der Waals surface area contributed by atoms with Gasteiger partial charge in [-0.3, -0.25) is 0 Å². The van der Waals surface area contributed by atoms with E-state index in [-0.39, 0.29) is 0 Å². The van der Waals surface area contributed by atoms with Gasteiger partial charge in [0.05, 0.1) is 0 Å². The fourth-order valence-electron chi connectivity index (χ4n) is 1.84. The molecule has 0 aliphatic heterocycles. The van der Waals surface area contributed by atoms with Crippen LogP contribution in [0.15, 0.2) is 35.3 Å². The summed E-state index contributed by atoms with van der Waals surface area (Å²) in [5.41, 5.74) is 2.80. The van der Waals surface area contributed by atoms with E-state index < -0.39 is 0 Å². The first-order chi connectivity index (χ1) is 7.22. The molecule has 0 aliphatic carbocycles. The molecule has 0 aliphatic rings. The van der Waals surface area contributed by atoms with Gasteiger partial charge in [0.2, 0.25) is 0 Å². The van der Waals surface area contributed by atoms with Crippen LogP contribution in [0.4, 0.5) is 0 Å². The number of allylic oxidation sites excluding steroid dienone is 1. The van der Waals surface area contributed by atoms with Crippen molar-refractivity contribution in [3.63, 3.8) is 0 Å². The first kappa shape index (κ1) is 12.5. The van der Waals surface area contributed by atoms with Crippen molar-refractivity contribution < 1.29 is 0 Å². The van der Waals surface area contributed by atoms with Gasteiger partial charge in [0.1, 0.15) is 0 Å². The standard InChI is InChI=1S/C14H19Br/c1-4-7-11(5-2)13-9-8-12(6-3)14(15)10-13/h4,8-11H,1,5-7H2,2-3H3. The van der Waals surface area contributed by atoms with Crippen LogP contribution in [0.1, 0.15) is 43.7 Å². The Balaban J connectivity index is 2.94. The van der Waals surface area contributed by atoms with Gasteiger partial charge in [0, 0.05) is 4.47 Å². The second-order valence-corrected chi connectivity index (χ2v) is 4.69. The molecule has 1 unspecified atom stereocenters. The van der Waals surface area contributed by atoms with Gasteiger partial charge in [-0.15, -0.1) is 6.58 Å². The van der Waals surface area contributed by atoms with E-state index in [9.17, 15) is 0 Å². The van der Waals surface area contributed by atoms with Crippen LogP contribution in [0.2, 0.25) is 0 Å². The Morgan fingerprint density at radius 2 is 2.13 bits per heavy atom. The predicted octanol–water partition coefficient (Wildman–Crippen LogP) is 5.08. The SMILES string of the molecule is C=CCC(CC)c1ccc(CC)c(Br)c1. The Morgan fingerprint density at radius 3 is 2.60 bits per heavy atom. The highest BCUT2D eigenvalue weighted by molar-refractivity contribution is 9.10. The lowest BCUT2D eigenvalue weighted by Crippen LogP contribution is -1.96. The van der Waals surface area contributed by atoms with Crippen molar-refractivity contribution in [1.82, 2.24) is 0 Å². The number of hydrogen-bond acceptors (Lipinski definition) is 0. The van der Waals surface area contributed by atoms with E-state index in [2.05, 4.69) is 54.6 Å². The number of rotatable bonds is 5. The van der Waals surface area contributed by atoms with Crippen LogP contribution in [-0.2, 0) is 6.42 Å². The Bertz CT molecular complexity index is 328. The summed E-state index contributed by atoms with van der Waals surface area (Å²) in [6, 6.07) is 6.74. The molecule has 1 rings (SSSR count). The summed E-state index contributed by atoms with van der Waals surface area (Å²) in [7, 11) is 0. The van der Waals surface area contributed by atoms with Gasteiger partial charge in [-0.1, -0.05) is 48.0 Å². The maximum absolute atomic E-state index is 3.82. The quantitative estimate of drug-likeness (QED) is 0.652. The molecular formula is C14H19Br. The predicted molar refractivity (Wildman–Crippen MR) is 71.4 cm³/mol. The molecule has 0 N–H and O–H groups in total. The molecule has 1 aromatic rings. The molecule has 0 saturated heterocycles. The third kappa shape index (κ3) is 3.20. The van der Waals surface area contributed by atoms with Crippen LogP contribution >= 0.6 is 15.9 Å². The molecule has 15 heavy (non-hydrogen) atoms. The normalized spacial score (nSPS) is 12.5. The summed E-state index contributed by atoms with van der Waals surface area (Å²) in [5.74, 6) is 0.615. The highest BCUT2D eigenvalue weighted by Crippen LogP contribution is 2.28. The molecule has 82 valence electrons. The van der Waals surface area contributed by atoms with Gasteiger partial charge in [0.25, 0.3) is 0 Å². The summed E-state index contributed by atoms with van der Waals surface area (Å²) in [5, 5.41) is 0. The Hall–Kier alpha value is -0.560. The summed E-state index contributed by atoms with van der Waals surface area (Å²) in [6.07, 6.45) is 5.33. The molecule has 0 saturated carbocycles. The molecule has 0 amide bonds. The molecule has 0 heterocycles. The molecule has 0 bridgehead atoms. The minimum Gasteiger partial charge on any atom is -0.103 e. The lowest BCUT2D eigenvalue weighted by atomic mass is 9.92. The summed E-state index contributed by atoms with van der Waals surface area (Å²) < 4.78 is 1.24. The molecule has 0 nitrogen and oxygen atoms in total. The van der Waals surface area contributed by atoms with Crippen molar-refractivity contribution in [3.8, 4) is 0 Å². The number of hydrogen-bond donors (Lipinski definition) is 0. The summed E-state index contributed by atoms with van der Waals surface area (Å²) >= 11 is 3.63. The zero-order valence-electron chi connectivity index (χ0n) is 9.59. The average Bonchev–Trinajstić information content (AvgIpc) is 2.25. The van der Waals surface area contributed by atoms with Crippen molar-refractivity contribution in [2.24, 2.45) is 0 Å². The van der Waals surface area contributed by atoms with Gasteiger partial charge in [0.15, 0.2) is 0 Å². The van der Waals surface area contributed by atoms with E-state index in [0.717, 1.165) is 12.8 Å². The van der Waals surface area contributed by atoms with E-state index in [1.54, 1.807) is 0 Å². The van der Waals surface area contributed by atoms with Crippen molar-refractivity contribution in [3.05, 3.63) is 46.5 Å². The van der Waals surface area contributed by atoms with E-state index >= 15 is 0 Å². The van der Waals surface area contributed by atoms with Crippen molar-refractivity contribution in [1.29, 1.82) is 0 Å². The molecule has 0 aromatic heterocycles. The number of halogens is 1. The van der Waals surface area contributed by atoms with Gasteiger partial charge in [-0.2, -0.15) is 0 Å². The molecular weight excluding hydrogens is 248 g/mol. The number of benzene rings is 1. The molecule has 0 fully saturated rings. The maximum Gasteiger partial charge on any atom is 0.0210 e. The summed E-state index contributed by atoms with van der Waals surface area (Å²) in [4.78, 5) is 0. The smallest absolute Gasteiger partial charge is 0.0210 e. The fraction of sp³-hybridized carbons (Fsp3) is 0.429. The third-order valence-corrected chi connectivity index (χ3v) is 3.61. The first-order valence-electron chi connectivity index (χ1n) is 5.62. The lowest BCUT2D eigenvalue weighted by Gasteiger charge is -2.14. The first-order valence-corrected chi connectivity index (χ1v) is 6.41. The van der Waals surface area contributed by atoms with Crippen LogP contribution in [0.5, 0.6) is 0 Å². The molecule has 1 aromatic carbocycles. The van der Waals surface area contributed by atoms with Crippen LogP contribution in [-0.4, -0.2) is 0 Å². The van der Waals surface area contributed by atoms with Crippen molar-refractivity contribution >= 4 is 15.9 Å². The van der Waals surface area contributed by atoms with E-state index in [1.165, 1.54) is 22.0 Å². The molecule has 1 atom stereocenters. The molecule has 1 heteroatoms. The van der Waals surface area contributed by atoms with Gasteiger partial charge < -0.3 is 0 Å². The Labute approximate surface area is 102 Å². The van der Waals surface area contributed by atoms with E-state index in [0.29, 0.717) is 5.92 Å². The van der Waals surface area contributed by atoms with Gasteiger partial charge >= 0.3 is 0 Å². The van der Waals surface area contributed by atoms with Gasteiger partial charge in [-0.05, 0) is 42.4 Å². The van der Waals surface area contributed by atoms with E-state index in [1.807, 2.05) is 6.08 Å². The third-order valence-electron chi connectivity index (χ3n) is 2.87. The minimum absolute atomic E-state index is 0.615. The monoisotopic (exact) mass is 266 g/mol. The van der Waals surface area contributed by atoms with Crippen LogP contribution < -0.4 is 0 Å². The zero-order valence-corrected chi connectivity index (χ0v) is 11.2. The summed E-state index contributed by atoms with van der Waals surface area (Å²) in [6.45, 7) is 8.23. The molecule has 0 spiro atoms. The van der Waals surface area contributed by atoms with Crippen LogP contribution in [0, 0.1) is 0 Å². The highest BCUT2D eigenvalue weighted by Gasteiger charge is 2.08. The topological polar surface area (TPSA) is 0 Å². The maximum atomic E-state index is 3.82. The largest absolute Gasteiger partial charge is 0.103 e. The van der Waals surface area contributed by atoms with E-state index in [4.69, 9.17) is 0 Å². The zero-order chi connectivity index (χ0) is 11.3. The van der Waals surface area contributed by atoms with Crippen LogP contribution in [0.25, 0.3) is 0 Å². The molecule has 0 radical (unpaired) electrons. The van der Waals surface area contributed by atoms with Crippen molar-refractivity contribution in [2.75, 3.05) is 0 Å². The fourth-order valence-corrected chi connectivity index (χ4v) is 2.52. The minimum atomic E-state index is 0.615. The number of aryl methyl sites for hydroxylation is 1. The Morgan fingerprint density at radius 1 is 1.40 bits per heavy atom. The average molecular weight is 267 g/mol. The van der Waals surface area contributed by atoms with Crippen LogP contribution in [0.3, 0.4) is 0 Å². The lowest BCUT2D eigenvalue weighted by molar-refractivity contribution is 0.674.